The van der Waals surface area contributed by atoms with Crippen molar-refractivity contribution in [3.63, 3.8) is 0 Å². The molecule has 15 heavy (non-hydrogen) atoms. The predicted molar refractivity (Wildman–Crippen MR) is 70.1 cm³/mol. The molecule has 0 aromatic heterocycles. The SMILES string of the molecule is [B][C@@H]1O[C@H](CCP(=C)(C)C)[C@@H](O)[C@@]1(C)Cl. The van der Waals surface area contributed by atoms with Crippen molar-refractivity contribution >= 4 is 32.6 Å². The smallest absolute Gasteiger partial charge is 0.111 e. The number of ether oxygens (including phenoxy) is 1. The lowest BCUT2D eigenvalue weighted by Gasteiger charge is -2.24. The van der Waals surface area contributed by atoms with Crippen LogP contribution in [-0.2, 0) is 4.74 Å². The second kappa shape index (κ2) is 4.45. The molecule has 1 aliphatic heterocycles. The third kappa shape index (κ3) is 3.26. The summed E-state index contributed by atoms with van der Waals surface area (Å²) in [5, 5.41) is 9.94. The van der Waals surface area contributed by atoms with Gasteiger partial charge in [-0.25, -0.2) is 0 Å². The summed E-state index contributed by atoms with van der Waals surface area (Å²) in [5.74, 6) is 0. The number of rotatable bonds is 3. The first-order chi connectivity index (χ1) is 6.64. The second-order valence-corrected chi connectivity index (χ2v) is 10.3. The number of halogens is 1. The highest BCUT2D eigenvalue weighted by molar-refractivity contribution is 7.72. The molecule has 4 atom stereocenters. The fraction of sp³-hybridized carbons (Fsp3) is 0.900. The van der Waals surface area contributed by atoms with Crippen LogP contribution in [0.25, 0.3) is 0 Å². The largest absolute Gasteiger partial charge is 0.389 e. The first-order valence-corrected chi connectivity index (χ1v) is 8.53. The van der Waals surface area contributed by atoms with E-state index in [-0.39, 0.29) is 6.10 Å². The van der Waals surface area contributed by atoms with E-state index in [1.807, 2.05) is 0 Å². The lowest BCUT2D eigenvalue weighted by Crippen LogP contribution is -2.40. The normalized spacial score (nSPS) is 42.1. The molecule has 0 bridgehead atoms. The van der Waals surface area contributed by atoms with E-state index < -0.39 is 23.9 Å². The van der Waals surface area contributed by atoms with Gasteiger partial charge in [0, 0.05) is 6.00 Å². The quantitative estimate of drug-likeness (QED) is 0.464. The van der Waals surface area contributed by atoms with Gasteiger partial charge in [-0.1, -0.05) is 0 Å². The molecule has 0 amide bonds. The Morgan fingerprint density at radius 2 is 2.13 bits per heavy atom. The maximum absolute atomic E-state index is 9.94. The van der Waals surface area contributed by atoms with Gasteiger partial charge >= 0.3 is 0 Å². The fourth-order valence-electron chi connectivity index (χ4n) is 1.63. The fourth-order valence-corrected chi connectivity index (χ4v) is 2.78. The third-order valence-electron chi connectivity index (χ3n) is 2.83. The molecule has 2 nitrogen and oxygen atoms in total. The molecule has 5 heteroatoms. The third-order valence-corrected chi connectivity index (χ3v) is 4.73. The van der Waals surface area contributed by atoms with E-state index in [1.54, 1.807) is 6.92 Å². The van der Waals surface area contributed by atoms with Gasteiger partial charge in [0.05, 0.1) is 11.0 Å². The first-order valence-electron chi connectivity index (χ1n) is 5.10. The molecule has 0 spiro atoms. The summed E-state index contributed by atoms with van der Waals surface area (Å²) in [5.41, 5.74) is 0. The lowest BCUT2D eigenvalue weighted by atomic mass is 9.85. The highest BCUT2D eigenvalue weighted by Crippen LogP contribution is 2.41. The summed E-state index contributed by atoms with van der Waals surface area (Å²) in [6.07, 6.45) is 4.94. The molecular weight excluding hydrogens is 229 g/mol. The van der Waals surface area contributed by atoms with Gasteiger partial charge in [-0.05, 0) is 32.8 Å². The number of aliphatic hydroxyl groups excluding tert-OH is 1. The second-order valence-electron chi connectivity index (χ2n) is 5.14. The zero-order chi connectivity index (χ0) is 11.9. The molecule has 1 N–H and O–H groups in total. The Bertz CT molecular complexity index is 277. The Hall–Kier alpha value is 0.575. The van der Waals surface area contributed by atoms with Crippen LogP contribution in [0.3, 0.4) is 0 Å². The van der Waals surface area contributed by atoms with Crippen LogP contribution >= 0.6 is 18.5 Å². The molecule has 1 saturated heterocycles. The molecule has 2 radical (unpaired) electrons. The molecule has 1 aliphatic rings. The van der Waals surface area contributed by atoms with Crippen LogP contribution in [0.4, 0.5) is 0 Å². The van der Waals surface area contributed by atoms with Gasteiger partial charge in [-0.2, -0.15) is 0 Å². The van der Waals surface area contributed by atoms with Crippen molar-refractivity contribution in [3.8, 4) is 0 Å². The van der Waals surface area contributed by atoms with Gasteiger partial charge < -0.3 is 9.84 Å². The van der Waals surface area contributed by atoms with E-state index in [9.17, 15) is 5.11 Å². The molecule has 0 aromatic carbocycles. The summed E-state index contributed by atoms with van der Waals surface area (Å²) in [4.78, 5) is -0.867. The minimum Gasteiger partial charge on any atom is -0.389 e. The van der Waals surface area contributed by atoms with E-state index >= 15 is 0 Å². The van der Waals surface area contributed by atoms with E-state index in [1.165, 1.54) is 0 Å². The van der Waals surface area contributed by atoms with E-state index in [2.05, 4.69) is 19.6 Å². The highest BCUT2D eigenvalue weighted by atomic mass is 35.5. The van der Waals surface area contributed by atoms with Crippen molar-refractivity contribution in [1.29, 1.82) is 0 Å². The topological polar surface area (TPSA) is 29.5 Å². The Morgan fingerprint density at radius 1 is 1.60 bits per heavy atom. The molecule has 0 aliphatic carbocycles. The summed E-state index contributed by atoms with van der Waals surface area (Å²) >= 11 is 6.11. The summed E-state index contributed by atoms with van der Waals surface area (Å²) in [6, 6.07) is -0.592. The number of aliphatic hydroxyl groups is 1. The van der Waals surface area contributed by atoms with Gasteiger partial charge in [0.2, 0.25) is 0 Å². The van der Waals surface area contributed by atoms with Gasteiger partial charge in [0.15, 0.2) is 0 Å². The number of hydrogen-bond donors (Lipinski definition) is 1. The Labute approximate surface area is 98.7 Å². The summed E-state index contributed by atoms with van der Waals surface area (Å²) in [7, 11) is 5.71. The van der Waals surface area contributed by atoms with E-state index in [4.69, 9.17) is 24.2 Å². The monoisotopic (exact) mass is 248 g/mol. The van der Waals surface area contributed by atoms with Crippen molar-refractivity contribution in [2.45, 2.75) is 36.4 Å². The van der Waals surface area contributed by atoms with Crippen LogP contribution < -0.4 is 0 Å². The minimum absolute atomic E-state index is 0.247. The molecular formula is C10H19BClO2P. The van der Waals surface area contributed by atoms with Gasteiger partial charge in [-0.15, -0.1) is 24.8 Å². The maximum atomic E-state index is 9.94. The molecule has 0 saturated carbocycles. The molecule has 86 valence electrons. The lowest BCUT2D eigenvalue weighted by molar-refractivity contribution is 0.0305. The molecule has 0 aromatic rings. The predicted octanol–water partition coefficient (Wildman–Crippen LogP) is 1.34. The van der Waals surface area contributed by atoms with Crippen LogP contribution in [0.5, 0.6) is 0 Å². The Balaban J connectivity index is 2.57. The number of alkyl halides is 1. The van der Waals surface area contributed by atoms with Crippen molar-refractivity contribution in [2.75, 3.05) is 19.5 Å². The summed E-state index contributed by atoms with van der Waals surface area (Å²) in [6.45, 7) is 4.96. The van der Waals surface area contributed by atoms with Gasteiger partial charge in [-0.3, -0.25) is 0 Å². The van der Waals surface area contributed by atoms with Gasteiger partial charge in [0.25, 0.3) is 0 Å². The van der Waals surface area contributed by atoms with Crippen LogP contribution in [0.15, 0.2) is 0 Å². The average Bonchev–Trinajstić information content (AvgIpc) is 2.25. The van der Waals surface area contributed by atoms with Crippen molar-refractivity contribution < 1.29 is 9.84 Å². The first kappa shape index (κ1) is 13.6. The van der Waals surface area contributed by atoms with E-state index in [0.29, 0.717) is 0 Å². The van der Waals surface area contributed by atoms with Crippen molar-refractivity contribution in [2.24, 2.45) is 0 Å². The Kier molecular flexibility index (Phi) is 4.04. The molecule has 1 fully saturated rings. The maximum Gasteiger partial charge on any atom is 0.111 e. The van der Waals surface area contributed by atoms with Crippen LogP contribution in [0.2, 0.25) is 0 Å². The van der Waals surface area contributed by atoms with E-state index in [0.717, 1.165) is 12.6 Å². The summed E-state index contributed by atoms with van der Waals surface area (Å²) < 4.78 is 5.47. The minimum atomic E-state index is -1.08. The zero-order valence-electron chi connectivity index (χ0n) is 9.61. The number of hydrogen-bond acceptors (Lipinski definition) is 2. The highest BCUT2D eigenvalue weighted by Gasteiger charge is 2.48. The average molecular weight is 248 g/mol. The molecule has 1 heterocycles. The molecule has 0 unspecified atom stereocenters. The zero-order valence-corrected chi connectivity index (χ0v) is 11.3. The van der Waals surface area contributed by atoms with Gasteiger partial charge in [0.1, 0.15) is 14.0 Å². The van der Waals surface area contributed by atoms with Crippen molar-refractivity contribution in [3.05, 3.63) is 0 Å². The van der Waals surface area contributed by atoms with Crippen LogP contribution in [0, 0.1) is 0 Å². The molecule has 1 rings (SSSR count). The van der Waals surface area contributed by atoms with Crippen molar-refractivity contribution in [1.82, 2.24) is 0 Å². The van der Waals surface area contributed by atoms with Crippen LogP contribution in [0.1, 0.15) is 13.3 Å². The standard InChI is InChI=1S/C10H19BClO2P/c1-10(12)8(13)7(14-9(10)11)5-6-15(2,3)4/h7-9,13H,2,5-6H2,1,3-4H3/t7-,8-,9-,10-/m1/s1. The van der Waals surface area contributed by atoms with Crippen LogP contribution in [-0.4, -0.2) is 61.8 Å². The Morgan fingerprint density at radius 3 is 2.47 bits per heavy atom.